The summed E-state index contributed by atoms with van der Waals surface area (Å²) in [5, 5.41) is 8.06. The molecule has 2 aromatic heterocycles. The minimum atomic E-state index is 0.393. The van der Waals surface area contributed by atoms with E-state index in [1.807, 2.05) is 7.05 Å². The van der Waals surface area contributed by atoms with E-state index in [1.54, 1.807) is 18.1 Å². The Hall–Kier alpha value is -1.83. The highest BCUT2D eigenvalue weighted by atomic mass is 32.1. The van der Waals surface area contributed by atoms with Crippen LogP contribution in [-0.4, -0.2) is 26.2 Å². The van der Waals surface area contributed by atoms with Crippen LogP contribution in [0, 0.1) is 0 Å². The minimum absolute atomic E-state index is 0.393. The van der Waals surface area contributed by atoms with Crippen molar-refractivity contribution in [3.8, 4) is 5.75 Å². The maximum atomic E-state index is 5.62. The van der Waals surface area contributed by atoms with Crippen molar-refractivity contribution >= 4 is 22.4 Å². The Kier molecular flexibility index (Phi) is 2.91. The summed E-state index contributed by atoms with van der Waals surface area (Å²) in [4.78, 5) is 4.09. The molecular formula is C8H12N6OS. The molecule has 2 heterocycles. The van der Waals surface area contributed by atoms with Crippen LogP contribution in [0.3, 0.4) is 0 Å². The standard InChI is InChI=1S/C8H12N6OS/c1-14-4-11-5(12-14)3-10-8-6(15-2)7(9)13-16-8/h4,10H,3H2,1-2H3,(H2,9,13). The molecule has 0 atom stereocenters. The Balaban J connectivity index is 2.04. The molecule has 0 fully saturated rings. The van der Waals surface area contributed by atoms with Gasteiger partial charge in [-0.3, -0.25) is 4.68 Å². The Labute approximate surface area is 96.4 Å². The van der Waals surface area contributed by atoms with Crippen molar-refractivity contribution in [2.75, 3.05) is 18.2 Å². The van der Waals surface area contributed by atoms with Gasteiger partial charge in [0.2, 0.25) is 0 Å². The van der Waals surface area contributed by atoms with Gasteiger partial charge >= 0.3 is 0 Å². The van der Waals surface area contributed by atoms with Gasteiger partial charge in [0, 0.05) is 7.05 Å². The molecule has 0 bridgehead atoms. The third-order valence-corrected chi connectivity index (χ3v) is 2.73. The number of anilines is 2. The van der Waals surface area contributed by atoms with E-state index in [0.29, 0.717) is 23.9 Å². The van der Waals surface area contributed by atoms with E-state index in [-0.39, 0.29) is 0 Å². The molecule has 0 spiro atoms. The van der Waals surface area contributed by atoms with Crippen molar-refractivity contribution in [3.05, 3.63) is 12.2 Å². The molecule has 0 aliphatic heterocycles. The summed E-state index contributed by atoms with van der Waals surface area (Å²) in [5.41, 5.74) is 5.62. The number of aromatic nitrogens is 4. The van der Waals surface area contributed by atoms with Crippen molar-refractivity contribution in [1.29, 1.82) is 0 Å². The average Bonchev–Trinajstić information content (AvgIpc) is 2.82. The quantitative estimate of drug-likeness (QED) is 0.807. The van der Waals surface area contributed by atoms with E-state index in [0.717, 1.165) is 5.00 Å². The van der Waals surface area contributed by atoms with E-state index in [9.17, 15) is 0 Å². The number of rotatable bonds is 4. The van der Waals surface area contributed by atoms with Crippen molar-refractivity contribution < 1.29 is 4.74 Å². The summed E-state index contributed by atoms with van der Waals surface area (Å²) in [7, 11) is 3.38. The molecule has 8 heteroatoms. The molecule has 0 aromatic carbocycles. The van der Waals surface area contributed by atoms with Crippen LogP contribution in [0.5, 0.6) is 5.75 Å². The molecule has 16 heavy (non-hydrogen) atoms. The SMILES string of the molecule is COc1c(N)nsc1NCc1ncn(C)n1. The predicted octanol–water partition coefficient (Wildman–Crippen LogP) is 0.475. The number of nitrogens with one attached hydrogen (secondary N) is 1. The van der Waals surface area contributed by atoms with Gasteiger partial charge in [0.25, 0.3) is 0 Å². The van der Waals surface area contributed by atoms with Gasteiger partial charge in [0.15, 0.2) is 22.4 Å². The van der Waals surface area contributed by atoms with Gasteiger partial charge in [-0.25, -0.2) is 4.98 Å². The maximum Gasteiger partial charge on any atom is 0.197 e. The van der Waals surface area contributed by atoms with Crippen molar-refractivity contribution in [1.82, 2.24) is 19.1 Å². The Bertz CT molecular complexity index is 479. The first-order valence-corrected chi connectivity index (χ1v) is 5.35. The number of nitrogens with zero attached hydrogens (tertiary/aromatic N) is 4. The van der Waals surface area contributed by atoms with Crippen molar-refractivity contribution in [2.24, 2.45) is 7.05 Å². The third kappa shape index (κ3) is 2.06. The van der Waals surface area contributed by atoms with Gasteiger partial charge in [0.1, 0.15) is 6.33 Å². The predicted molar refractivity (Wildman–Crippen MR) is 61.4 cm³/mol. The monoisotopic (exact) mass is 240 g/mol. The fourth-order valence-electron chi connectivity index (χ4n) is 1.23. The zero-order valence-corrected chi connectivity index (χ0v) is 9.78. The first-order chi connectivity index (χ1) is 7.70. The molecule has 0 unspecified atom stereocenters. The maximum absolute atomic E-state index is 5.62. The Morgan fingerprint density at radius 3 is 3.06 bits per heavy atom. The molecule has 2 aromatic rings. The molecule has 0 amide bonds. The van der Waals surface area contributed by atoms with Gasteiger partial charge < -0.3 is 15.8 Å². The number of methoxy groups -OCH3 is 1. The fourth-order valence-corrected chi connectivity index (χ4v) is 1.91. The topological polar surface area (TPSA) is 90.9 Å². The minimum Gasteiger partial charge on any atom is -0.490 e. The van der Waals surface area contributed by atoms with E-state index >= 15 is 0 Å². The smallest absolute Gasteiger partial charge is 0.197 e. The van der Waals surface area contributed by atoms with Gasteiger partial charge in [-0.1, -0.05) is 0 Å². The summed E-state index contributed by atoms with van der Waals surface area (Å²) in [5.74, 6) is 1.67. The second kappa shape index (κ2) is 4.35. The van der Waals surface area contributed by atoms with Crippen LogP contribution < -0.4 is 15.8 Å². The first-order valence-electron chi connectivity index (χ1n) is 4.58. The van der Waals surface area contributed by atoms with Crippen LogP contribution in [-0.2, 0) is 13.6 Å². The normalized spacial score (nSPS) is 10.4. The summed E-state index contributed by atoms with van der Waals surface area (Å²) >= 11 is 1.25. The van der Waals surface area contributed by atoms with Crippen molar-refractivity contribution in [3.63, 3.8) is 0 Å². The lowest BCUT2D eigenvalue weighted by molar-refractivity contribution is 0.419. The highest BCUT2D eigenvalue weighted by Crippen LogP contribution is 2.34. The molecule has 0 aliphatic rings. The molecule has 0 saturated heterocycles. The Morgan fingerprint density at radius 1 is 1.62 bits per heavy atom. The fraction of sp³-hybridized carbons (Fsp3) is 0.375. The highest BCUT2D eigenvalue weighted by molar-refractivity contribution is 7.11. The lowest BCUT2D eigenvalue weighted by Crippen LogP contribution is -2.02. The van der Waals surface area contributed by atoms with Crippen LogP contribution in [0.2, 0.25) is 0 Å². The van der Waals surface area contributed by atoms with Gasteiger partial charge in [-0.2, -0.15) is 9.47 Å². The van der Waals surface area contributed by atoms with E-state index in [1.165, 1.54) is 11.5 Å². The summed E-state index contributed by atoms with van der Waals surface area (Å²) in [6.45, 7) is 0.513. The summed E-state index contributed by atoms with van der Waals surface area (Å²) in [6, 6.07) is 0. The summed E-state index contributed by atoms with van der Waals surface area (Å²) < 4.78 is 10.8. The number of hydrogen-bond acceptors (Lipinski definition) is 7. The van der Waals surface area contributed by atoms with Gasteiger partial charge in [0.05, 0.1) is 13.7 Å². The summed E-state index contributed by atoms with van der Waals surface area (Å²) in [6.07, 6.45) is 1.65. The van der Waals surface area contributed by atoms with Crippen LogP contribution >= 0.6 is 11.5 Å². The average molecular weight is 240 g/mol. The molecule has 7 nitrogen and oxygen atoms in total. The van der Waals surface area contributed by atoms with Crippen LogP contribution in [0.1, 0.15) is 5.82 Å². The zero-order valence-electron chi connectivity index (χ0n) is 8.97. The third-order valence-electron chi connectivity index (χ3n) is 1.93. The highest BCUT2D eigenvalue weighted by Gasteiger charge is 2.11. The largest absolute Gasteiger partial charge is 0.490 e. The molecule has 2 rings (SSSR count). The number of ether oxygens (including phenoxy) is 1. The number of aryl methyl sites for hydroxylation is 1. The molecule has 3 N–H and O–H groups in total. The molecule has 0 radical (unpaired) electrons. The lowest BCUT2D eigenvalue weighted by atomic mass is 10.5. The van der Waals surface area contributed by atoms with Crippen LogP contribution in [0.4, 0.5) is 10.8 Å². The van der Waals surface area contributed by atoms with E-state index in [4.69, 9.17) is 10.5 Å². The second-order valence-electron chi connectivity index (χ2n) is 3.12. The molecule has 0 saturated carbocycles. The molecule has 0 aliphatic carbocycles. The molecule has 86 valence electrons. The van der Waals surface area contributed by atoms with E-state index < -0.39 is 0 Å². The lowest BCUT2D eigenvalue weighted by Gasteiger charge is -2.03. The van der Waals surface area contributed by atoms with Crippen LogP contribution in [0.25, 0.3) is 0 Å². The Morgan fingerprint density at radius 2 is 2.44 bits per heavy atom. The first kappa shape index (κ1) is 10.7. The number of nitrogens with two attached hydrogens (primary N) is 1. The second-order valence-corrected chi connectivity index (χ2v) is 3.89. The van der Waals surface area contributed by atoms with Crippen LogP contribution in [0.15, 0.2) is 6.33 Å². The van der Waals surface area contributed by atoms with E-state index in [2.05, 4.69) is 19.8 Å². The van der Waals surface area contributed by atoms with Crippen molar-refractivity contribution in [2.45, 2.75) is 6.54 Å². The zero-order chi connectivity index (χ0) is 11.5. The number of nitrogen functional groups attached to an aromatic ring is 1. The number of hydrogen-bond donors (Lipinski definition) is 2. The molecular weight excluding hydrogens is 228 g/mol. The van der Waals surface area contributed by atoms with Gasteiger partial charge in [-0.05, 0) is 11.5 Å². The van der Waals surface area contributed by atoms with Gasteiger partial charge in [-0.15, -0.1) is 0 Å².